The largest absolute Gasteiger partial charge is 0.493 e. The van der Waals surface area contributed by atoms with E-state index in [1.54, 1.807) is 34.7 Å². The summed E-state index contributed by atoms with van der Waals surface area (Å²) in [5, 5.41) is 0. The van der Waals surface area contributed by atoms with Gasteiger partial charge in [-0.1, -0.05) is 41.2 Å². The summed E-state index contributed by atoms with van der Waals surface area (Å²) >= 11 is 3.28. The lowest BCUT2D eigenvalue weighted by molar-refractivity contribution is 0.389. The Bertz CT molecular complexity index is 1770. The third-order valence-corrected chi connectivity index (χ3v) is 8.20. The van der Waals surface area contributed by atoms with Crippen LogP contribution in [0, 0.1) is 10.5 Å². The second-order valence-corrected chi connectivity index (χ2v) is 11.2. The van der Waals surface area contributed by atoms with Gasteiger partial charge in [0.2, 0.25) is 0 Å². The van der Waals surface area contributed by atoms with Crippen molar-refractivity contribution in [2.24, 2.45) is 0 Å². The van der Waals surface area contributed by atoms with Crippen LogP contribution in [0.15, 0.2) is 70.4 Å². The van der Waals surface area contributed by atoms with Crippen LogP contribution in [-0.2, 0) is 10.1 Å². The average molecular weight is 604 g/mol. The minimum atomic E-state index is -4.05. The Labute approximate surface area is 212 Å². The first kappa shape index (κ1) is 22.8. The molecule has 172 valence electrons. The number of ether oxygens (including phenoxy) is 1. The van der Waals surface area contributed by atoms with Crippen molar-refractivity contribution in [3.8, 4) is 11.5 Å². The average Bonchev–Trinajstić information content (AvgIpc) is 3.31. The number of fused-ring (bicyclic) bond motifs is 3. The Morgan fingerprint density at radius 3 is 2.56 bits per heavy atom. The van der Waals surface area contributed by atoms with Gasteiger partial charge in [0.25, 0.3) is 5.56 Å². The van der Waals surface area contributed by atoms with Crippen LogP contribution in [0.5, 0.6) is 11.5 Å². The van der Waals surface area contributed by atoms with Gasteiger partial charge in [0, 0.05) is 0 Å². The molecule has 34 heavy (non-hydrogen) atoms. The molecule has 10 heteroatoms. The van der Waals surface area contributed by atoms with Crippen LogP contribution >= 0.6 is 33.9 Å². The first-order valence-electron chi connectivity index (χ1n) is 10.1. The van der Waals surface area contributed by atoms with E-state index in [9.17, 15) is 13.2 Å². The third-order valence-electron chi connectivity index (χ3n) is 5.20. The van der Waals surface area contributed by atoms with Crippen LogP contribution < -0.4 is 19.0 Å². The number of aryl methyl sites for hydroxylation is 1. The van der Waals surface area contributed by atoms with Gasteiger partial charge in [-0.15, -0.1) is 0 Å². The highest BCUT2D eigenvalue weighted by molar-refractivity contribution is 14.1. The Morgan fingerprint density at radius 1 is 1.09 bits per heavy atom. The van der Waals surface area contributed by atoms with E-state index in [1.807, 2.05) is 53.8 Å². The number of imidazole rings is 1. The van der Waals surface area contributed by atoms with Crippen LogP contribution in [0.25, 0.3) is 22.1 Å². The fraction of sp³-hybridized carbons (Fsp3) is 0.0833. The molecular formula is C24H17IN2O5S2. The molecule has 2 heterocycles. The molecule has 0 spiro atoms. The van der Waals surface area contributed by atoms with E-state index in [0.717, 1.165) is 16.6 Å². The van der Waals surface area contributed by atoms with Crippen molar-refractivity contribution < 1.29 is 17.3 Å². The molecule has 5 rings (SSSR count). The van der Waals surface area contributed by atoms with Crippen molar-refractivity contribution in [2.75, 3.05) is 7.11 Å². The monoisotopic (exact) mass is 604 g/mol. The molecule has 0 saturated heterocycles. The third kappa shape index (κ3) is 4.05. The summed E-state index contributed by atoms with van der Waals surface area (Å²) in [5.74, 6) is 0.336. The second kappa shape index (κ2) is 8.67. The molecule has 0 bridgehead atoms. The number of aromatic nitrogens is 2. The molecule has 0 aliphatic heterocycles. The summed E-state index contributed by atoms with van der Waals surface area (Å²) in [6.45, 7) is 1.87. The molecule has 0 saturated carbocycles. The molecule has 0 atom stereocenters. The molecule has 0 N–H and O–H groups in total. The predicted octanol–water partition coefficient (Wildman–Crippen LogP) is 4.15. The molecule has 3 aromatic carbocycles. The number of para-hydroxylation sites is 2. The molecule has 7 nitrogen and oxygen atoms in total. The zero-order valence-electron chi connectivity index (χ0n) is 18.0. The summed E-state index contributed by atoms with van der Waals surface area (Å²) in [4.78, 5) is 18.2. The molecular weight excluding hydrogens is 587 g/mol. The zero-order chi connectivity index (χ0) is 24.0. The highest BCUT2D eigenvalue weighted by Gasteiger charge is 2.22. The maximum Gasteiger partial charge on any atom is 0.339 e. The molecule has 2 aromatic heterocycles. The van der Waals surface area contributed by atoms with E-state index in [1.165, 1.54) is 30.6 Å². The summed E-state index contributed by atoms with van der Waals surface area (Å²) < 4.78 is 39.1. The maximum absolute atomic E-state index is 13.0. The van der Waals surface area contributed by atoms with Crippen LogP contribution in [-0.4, -0.2) is 24.9 Å². The van der Waals surface area contributed by atoms with Crippen LogP contribution in [0.2, 0.25) is 0 Å². The lowest BCUT2D eigenvalue weighted by atomic mass is 10.2. The quantitative estimate of drug-likeness (QED) is 0.222. The minimum Gasteiger partial charge on any atom is -0.493 e. The van der Waals surface area contributed by atoms with Crippen LogP contribution in [0.4, 0.5) is 0 Å². The van der Waals surface area contributed by atoms with Crippen molar-refractivity contribution in [2.45, 2.75) is 11.8 Å². The smallest absolute Gasteiger partial charge is 0.339 e. The Morgan fingerprint density at radius 2 is 1.82 bits per heavy atom. The van der Waals surface area contributed by atoms with Gasteiger partial charge < -0.3 is 8.92 Å². The van der Waals surface area contributed by atoms with Gasteiger partial charge in [-0.05, 0) is 77.6 Å². The predicted molar refractivity (Wildman–Crippen MR) is 140 cm³/mol. The summed E-state index contributed by atoms with van der Waals surface area (Å²) in [7, 11) is -2.61. The van der Waals surface area contributed by atoms with Crippen LogP contribution in [0.3, 0.4) is 0 Å². The van der Waals surface area contributed by atoms with Gasteiger partial charge in [0.15, 0.2) is 16.5 Å². The number of hydrogen-bond donors (Lipinski definition) is 0. The molecule has 0 radical (unpaired) electrons. The van der Waals surface area contributed by atoms with Gasteiger partial charge in [0.05, 0.1) is 26.2 Å². The minimum absolute atomic E-state index is 0.0525. The molecule has 0 aliphatic carbocycles. The lowest BCUT2D eigenvalue weighted by Crippen LogP contribution is -2.22. The normalized spacial score (nSPS) is 12.5. The number of thiazole rings is 1. The molecule has 5 aromatic rings. The fourth-order valence-electron chi connectivity index (χ4n) is 3.53. The molecule has 0 aliphatic rings. The molecule has 0 fully saturated rings. The standard InChI is InChI=1S/C24H17IN2O5S2/c1-14-7-9-16(10-8-14)34(29,30)32-22-17(25)11-15(12-20(22)31-2)13-21-23(28)27-19-6-4-3-5-18(19)26-24(27)33-21/h3-13H,1-2H3/b21-13+. The van der Waals surface area contributed by atoms with Gasteiger partial charge in [-0.2, -0.15) is 8.42 Å². The Balaban J connectivity index is 1.57. The number of hydrogen-bond acceptors (Lipinski definition) is 7. The zero-order valence-corrected chi connectivity index (χ0v) is 21.8. The Kier molecular flexibility index (Phi) is 5.82. The van der Waals surface area contributed by atoms with E-state index in [2.05, 4.69) is 4.98 Å². The second-order valence-electron chi connectivity index (χ2n) is 7.52. The number of rotatable bonds is 5. The van der Waals surface area contributed by atoms with E-state index in [4.69, 9.17) is 8.92 Å². The number of halogens is 1. The van der Waals surface area contributed by atoms with E-state index >= 15 is 0 Å². The first-order valence-corrected chi connectivity index (χ1v) is 13.4. The van der Waals surface area contributed by atoms with Gasteiger partial charge >= 0.3 is 10.1 Å². The summed E-state index contributed by atoms with van der Waals surface area (Å²) in [5.41, 5.74) is 2.98. The highest BCUT2D eigenvalue weighted by Crippen LogP contribution is 2.36. The van der Waals surface area contributed by atoms with Crippen molar-refractivity contribution in [1.29, 1.82) is 0 Å². The highest BCUT2D eigenvalue weighted by atomic mass is 127. The van der Waals surface area contributed by atoms with Crippen molar-refractivity contribution >= 4 is 66.1 Å². The van der Waals surface area contributed by atoms with E-state index in [0.29, 0.717) is 18.6 Å². The number of methoxy groups -OCH3 is 1. The first-order chi connectivity index (χ1) is 16.3. The Hall–Kier alpha value is -2.96. The van der Waals surface area contributed by atoms with Crippen molar-refractivity contribution in [3.63, 3.8) is 0 Å². The van der Waals surface area contributed by atoms with Crippen LogP contribution in [0.1, 0.15) is 11.1 Å². The lowest BCUT2D eigenvalue weighted by Gasteiger charge is -2.13. The molecule has 0 amide bonds. The van der Waals surface area contributed by atoms with Gasteiger partial charge in [-0.3, -0.25) is 4.79 Å². The summed E-state index contributed by atoms with van der Waals surface area (Å²) in [6, 6.07) is 17.3. The van der Waals surface area contributed by atoms with E-state index in [-0.39, 0.29) is 22.0 Å². The SMILES string of the molecule is COc1cc(/C=c2/sc3nc4ccccc4n3c2=O)cc(I)c1OS(=O)(=O)c1ccc(C)cc1. The maximum atomic E-state index is 13.0. The van der Waals surface area contributed by atoms with Crippen molar-refractivity contribution in [3.05, 3.63) is 90.2 Å². The topological polar surface area (TPSA) is 87.0 Å². The van der Waals surface area contributed by atoms with Gasteiger partial charge in [-0.25, -0.2) is 9.38 Å². The number of nitrogens with zero attached hydrogens (tertiary/aromatic N) is 2. The van der Waals surface area contributed by atoms with E-state index < -0.39 is 10.1 Å². The summed E-state index contributed by atoms with van der Waals surface area (Å²) in [6.07, 6.45) is 1.74. The number of benzene rings is 3. The molecule has 0 unspecified atom stereocenters. The van der Waals surface area contributed by atoms with Gasteiger partial charge in [0.1, 0.15) is 4.90 Å². The van der Waals surface area contributed by atoms with Crippen molar-refractivity contribution in [1.82, 2.24) is 9.38 Å². The fourth-order valence-corrected chi connectivity index (χ4v) is 6.36.